The summed E-state index contributed by atoms with van der Waals surface area (Å²) in [6.07, 6.45) is 0.148. The molecule has 19 heavy (non-hydrogen) atoms. The number of hydrogen-bond donors (Lipinski definition) is 2. The fourth-order valence-corrected chi connectivity index (χ4v) is 2.21. The van der Waals surface area contributed by atoms with Crippen LogP contribution in [0.2, 0.25) is 0 Å². The highest BCUT2D eigenvalue weighted by Crippen LogP contribution is 2.31. The molecule has 2 N–H and O–H groups in total. The third-order valence-corrected chi connectivity index (χ3v) is 3.14. The average molecular weight is 262 g/mol. The Morgan fingerprint density at radius 1 is 1.21 bits per heavy atom. The minimum absolute atomic E-state index is 0.0419. The maximum absolute atomic E-state index is 11.6. The number of nitrogens with one attached hydrogen (secondary N) is 2. The van der Waals surface area contributed by atoms with Gasteiger partial charge < -0.3 is 20.1 Å². The molecule has 0 saturated carbocycles. The number of fused-ring (bicyclic) bond motifs is 1. The molecule has 6 nitrogen and oxygen atoms in total. The van der Waals surface area contributed by atoms with Crippen LogP contribution in [0.25, 0.3) is 0 Å². The molecule has 100 valence electrons. The van der Waals surface area contributed by atoms with Crippen molar-refractivity contribution in [2.75, 3.05) is 13.2 Å². The number of carbonyl (C=O) groups is 2. The summed E-state index contributed by atoms with van der Waals surface area (Å²) in [6, 6.07) is 6.83. The largest absolute Gasteiger partial charge is 0.486 e. The molecule has 1 aromatic rings. The topological polar surface area (TPSA) is 76.7 Å². The van der Waals surface area contributed by atoms with Gasteiger partial charge in [0.1, 0.15) is 18.8 Å². The molecule has 0 spiro atoms. The SMILES string of the molecule is O=C1CNC(=O)C(CC2COc3ccccc3O2)N1. The predicted octanol–water partition coefficient (Wildman–Crippen LogP) is -0.169. The molecular formula is C13H14N2O4. The lowest BCUT2D eigenvalue weighted by Crippen LogP contribution is -2.57. The van der Waals surface area contributed by atoms with Crippen LogP contribution in [-0.4, -0.2) is 37.1 Å². The average Bonchev–Trinajstić information content (AvgIpc) is 2.43. The van der Waals surface area contributed by atoms with Gasteiger partial charge in [-0.05, 0) is 12.1 Å². The van der Waals surface area contributed by atoms with Crippen molar-refractivity contribution in [3.8, 4) is 11.5 Å². The molecule has 2 unspecified atom stereocenters. The van der Waals surface area contributed by atoms with Crippen LogP contribution in [0.5, 0.6) is 11.5 Å². The summed E-state index contributed by atoms with van der Waals surface area (Å²) in [5, 5.41) is 5.19. The number of piperazine rings is 1. The van der Waals surface area contributed by atoms with Gasteiger partial charge in [-0.3, -0.25) is 9.59 Å². The van der Waals surface area contributed by atoms with E-state index in [1.54, 1.807) is 0 Å². The van der Waals surface area contributed by atoms with Gasteiger partial charge in [0.25, 0.3) is 0 Å². The third-order valence-electron chi connectivity index (χ3n) is 3.14. The molecule has 1 aromatic carbocycles. The molecule has 2 atom stereocenters. The zero-order valence-corrected chi connectivity index (χ0v) is 10.2. The van der Waals surface area contributed by atoms with Crippen molar-refractivity contribution in [2.45, 2.75) is 18.6 Å². The van der Waals surface area contributed by atoms with E-state index in [0.29, 0.717) is 24.5 Å². The van der Waals surface area contributed by atoms with Gasteiger partial charge in [-0.2, -0.15) is 0 Å². The quantitative estimate of drug-likeness (QED) is 0.776. The first-order valence-electron chi connectivity index (χ1n) is 6.18. The van der Waals surface area contributed by atoms with E-state index in [4.69, 9.17) is 9.47 Å². The molecule has 2 amide bonds. The van der Waals surface area contributed by atoms with Gasteiger partial charge >= 0.3 is 0 Å². The number of ether oxygens (including phenoxy) is 2. The van der Waals surface area contributed by atoms with Crippen LogP contribution in [0, 0.1) is 0 Å². The molecule has 2 heterocycles. The van der Waals surface area contributed by atoms with Gasteiger partial charge in [-0.25, -0.2) is 0 Å². The third kappa shape index (κ3) is 2.47. The second kappa shape index (κ2) is 4.79. The Kier molecular flexibility index (Phi) is 2.98. The second-order valence-corrected chi connectivity index (χ2v) is 4.57. The summed E-state index contributed by atoms with van der Waals surface area (Å²) in [5.41, 5.74) is 0. The fraction of sp³-hybridized carbons (Fsp3) is 0.385. The van der Waals surface area contributed by atoms with E-state index >= 15 is 0 Å². The van der Waals surface area contributed by atoms with Crippen LogP contribution in [0.1, 0.15) is 6.42 Å². The fourth-order valence-electron chi connectivity index (χ4n) is 2.21. The van der Waals surface area contributed by atoms with E-state index in [9.17, 15) is 9.59 Å². The Bertz CT molecular complexity index is 517. The van der Waals surface area contributed by atoms with Crippen molar-refractivity contribution in [3.05, 3.63) is 24.3 Å². The number of amides is 2. The Labute approximate surface area is 110 Å². The van der Waals surface area contributed by atoms with Crippen molar-refractivity contribution >= 4 is 11.8 Å². The molecule has 0 aliphatic carbocycles. The molecular weight excluding hydrogens is 248 g/mol. The number of carbonyl (C=O) groups excluding carboxylic acids is 2. The highest BCUT2D eigenvalue weighted by molar-refractivity contribution is 5.94. The molecule has 0 radical (unpaired) electrons. The normalized spacial score (nSPS) is 25.5. The Balaban J connectivity index is 1.65. The van der Waals surface area contributed by atoms with E-state index in [0.717, 1.165) is 0 Å². The highest BCUT2D eigenvalue weighted by atomic mass is 16.6. The Morgan fingerprint density at radius 2 is 2.00 bits per heavy atom. The van der Waals surface area contributed by atoms with Crippen LogP contribution in [-0.2, 0) is 9.59 Å². The van der Waals surface area contributed by atoms with Gasteiger partial charge in [-0.1, -0.05) is 12.1 Å². The first-order valence-corrected chi connectivity index (χ1v) is 6.18. The first kappa shape index (κ1) is 11.8. The number of rotatable bonds is 2. The van der Waals surface area contributed by atoms with E-state index in [-0.39, 0.29) is 24.5 Å². The summed E-state index contributed by atoms with van der Waals surface area (Å²) < 4.78 is 11.3. The van der Waals surface area contributed by atoms with Gasteiger partial charge in [0.15, 0.2) is 11.5 Å². The maximum atomic E-state index is 11.6. The zero-order chi connectivity index (χ0) is 13.2. The number of para-hydroxylation sites is 2. The zero-order valence-electron chi connectivity index (χ0n) is 10.2. The highest BCUT2D eigenvalue weighted by Gasteiger charge is 2.31. The van der Waals surface area contributed by atoms with Crippen LogP contribution in [0.3, 0.4) is 0 Å². The van der Waals surface area contributed by atoms with Crippen molar-refractivity contribution < 1.29 is 19.1 Å². The summed E-state index contributed by atoms with van der Waals surface area (Å²) >= 11 is 0. The Hall–Kier alpha value is -2.24. The molecule has 0 bridgehead atoms. The molecule has 3 rings (SSSR count). The lowest BCUT2D eigenvalue weighted by Gasteiger charge is -2.30. The van der Waals surface area contributed by atoms with E-state index < -0.39 is 6.04 Å². The molecule has 2 aliphatic heterocycles. The van der Waals surface area contributed by atoms with Crippen molar-refractivity contribution in [1.29, 1.82) is 0 Å². The summed E-state index contributed by atoms with van der Waals surface area (Å²) in [4.78, 5) is 22.9. The van der Waals surface area contributed by atoms with E-state index in [1.807, 2.05) is 24.3 Å². The molecule has 2 aliphatic rings. The van der Waals surface area contributed by atoms with Crippen LogP contribution < -0.4 is 20.1 Å². The van der Waals surface area contributed by atoms with Crippen LogP contribution >= 0.6 is 0 Å². The predicted molar refractivity (Wildman–Crippen MR) is 65.9 cm³/mol. The number of hydrogen-bond acceptors (Lipinski definition) is 4. The minimum atomic E-state index is -0.555. The second-order valence-electron chi connectivity index (χ2n) is 4.57. The standard InChI is InChI=1S/C13H14N2O4/c16-12-6-14-13(17)9(15-12)5-8-7-18-10-3-1-2-4-11(10)19-8/h1-4,8-9H,5-7H2,(H,14,17)(H,15,16). The van der Waals surface area contributed by atoms with Gasteiger partial charge in [-0.15, -0.1) is 0 Å². The molecule has 1 saturated heterocycles. The lowest BCUT2D eigenvalue weighted by molar-refractivity contribution is -0.134. The lowest BCUT2D eigenvalue weighted by atomic mass is 10.1. The summed E-state index contributed by atoms with van der Waals surface area (Å²) in [5.74, 6) is 1.01. The minimum Gasteiger partial charge on any atom is -0.486 e. The number of benzene rings is 1. The van der Waals surface area contributed by atoms with Crippen molar-refractivity contribution in [3.63, 3.8) is 0 Å². The smallest absolute Gasteiger partial charge is 0.243 e. The summed E-state index contributed by atoms with van der Waals surface area (Å²) in [6.45, 7) is 0.414. The van der Waals surface area contributed by atoms with Crippen LogP contribution in [0.4, 0.5) is 0 Å². The van der Waals surface area contributed by atoms with Gasteiger partial charge in [0.2, 0.25) is 11.8 Å². The van der Waals surface area contributed by atoms with Gasteiger partial charge in [0.05, 0.1) is 6.54 Å². The van der Waals surface area contributed by atoms with E-state index in [1.165, 1.54) is 0 Å². The first-order chi connectivity index (χ1) is 9.22. The maximum Gasteiger partial charge on any atom is 0.243 e. The van der Waals surface area contributed by atoms with Crippen molar-refractivity contribution in [2.24, 2.45) is 0 Å². The van der Waals surface area contributed by atoms with E-state index in [2.05, 4.69) is 10.6 Å². The molecule has 1 fully saturated rings. The Morgan fingerprint density at radius 3 is 2.84 bits per heavy atom. The summed E-state index contributed by atoms with van der Waals surface area (Å²) in [7, 11) is 0. The monoisotopic (exact) mass is 262 g/mol. The van der Waals surface area contributed by atoms with Gasteiger partial charge in [0, 0.05) is 6.42 Å². The van der Waals surface area contributed by atoms with Crippen LogP contribution in [0.15, 0.2) is 24.3 Å². The molecule has 6 heteroatoms. The molecule has 0 aromatic heterocycles. The van der Waals surface area contributed by atoms with Crippen molar-refractivity contribution in [1.82, 2.24) is 10.6 Å².